The lowest BCUT2D eigenvalue weighted by molar-refractivity contribution is -0.136. The molecule has 32 heavy (non-hydrogen) atoms. The molecule has 2 saturated heterocycles. The van der Waals surface area contributed by atoms with Crippen LogP contribution < -0.4 is 11.1 Å². The summed E-state index contributed by atoms with van der Waals surface area (Å²) in [6.07, 6.45) is 2.66. The predicted molar refractivity (Wildman–Crippen MR) is 121 cm³/mol. The van der Waals surface area contributed by atoms with Crippen LogP contribution in [0, 0.1) is 0 Å². The number of carbonyl (C=O) groups excluding carboxylic acids is 3. The number of amides is 3. The van der Waals surface area contributed by atoms with Crippen LogP contribution in [0.15, 0.2) is 42.5 Å². The first-order valence-electron chi connectivity index (χ1n) is 11.3. The molecule has 0 radical (unpaired) electrons. The van der Waals surface area contributed by atoms with Crippen LogP contribution >= 0.6 is 0 Å². The number of nitrogens with zero attached hydrogens (tertiary/aromatic N) is 2. The maximum Gasteiger partial charge on any atom is 0.255 e. The van der Waals surface area contributed by atoms with Gasteiger partial charge in [0.1, 0.15) is 6.04 Å². The Hall–Kier alpha value is -3.19. The number of benzene rings is 2. The molecule has 2 aromatic rings. The summed E-state index contributed by atoms with van der Waals surface area (Å²) in [4.78, 5) is 40.8. The molecule has 1 unspecified atom stereocenters. The van der Waals surface area contributed by atoms with Gasteiger partial charge >= 0.3 is 0 Å². The van der Waals surface area contributed by atoms with Crippen molar-refractivity contribution in [3.8, 4) is 0 Å². The van der Waals surface area contributed by atoms with E-state index in [1.54, 1.807) is 4.90 Å². The van der Waals surface area contributed by atoms with Gasteiger partial charge < -0.3 is 10.6 Å². The van der Waals surface area contributed by atoms with Crippen molar-refractivity contribution in [2.45, 2.75) is 50.7 Å². The third kappa shape index (κ3) is 3.77. The Morgan fingerprint density at radius 1 is 0.969 bits per heavy atom. The van der Waals surface area contributed by atoms with E-state index in [0.717, 1.165) is 43.6 Å². The van der Waals surface area contributed by atoms with Gasteiger partial charge in [-0.15, -0.1) is 0 Å². The summed E-state index contributed by atoms with van der Waals surface area (Å²) >= 11 is 0. The quantitative estimate of drug-likeness (QED) is 0.571. The third-order valence-corrected chi connectivity index (χ3v) is 7.07. The van der Waals surface area contributed by atoms with Crippen LogP contribution in [0.5, 0.6) is 0 Å². The van der Waals surface area contributed by atoms with Gasteiger partial charge in [0.15, 0.2) is 0 Å². The molecule has 0 saturated carbocycles. The number of piperidine rings is 2. The fourth-order valence-corrected chi connectivity index (χ4v) is 5.28. The maximum absolute atomic E-state index is 13.0. The van der Waals surface area contributed by atoms with Gasteiger partial charge in [0.2, 0.25) is 11.8 Å². The number of carbonyl (C=O) groups is 3. The van der Waals surface area contributed by atoms with Crippen molar-refractivity contribution in [1.29, 1.82) is 0 Å². The minimum Gasteiger partial charge on any atom is -0.398 e. The normalized spacial score (nSPS) is 22.2. The first kappa shape index (κ1) is 20.7. The summed E-state index contributed by atoms with van der Waals surface area (Å²) in [6, 6.07) is 13.8. The van der Waals surface area contributed by atoms with Crippen molar-refractivity contribution in [3.05, 3.63) is 64.7 Å². The second kappa shape index (κ2) is 8.39. The first-order chi connectivity index (χ1) is 15.5. The standard InChI is InChI=1S/C25H28N4O3/c26-23-18(17-10-12-28(13-11-17)14-16-4-2-1-3-5-16)6-7-19-20(23)15-29(25(19)32)21-8-9-22(30)27-24(21)31/h1-7,17,21H,8-15,26H2,(H,27,30,31). The number of hydrogen-bond acceptors (Lipinski definition) is 5. The van der Waals surface area contributed by atoms with Crippen molar-refractivity contribution >= 4 is 23.4 Å². The molecule has 0 aliphatic carbocycles. The lowest BCUT2D eigenvalue weighted by atomic mass is 9.86. The highest BCUT2D eigenvalue weighted by molar-refractivity contribution is 6.06. The summed E-state index contributed by atoms with van der Waals surface area (Å²) in [5, 5.41) is 2.35. The Morgan fingerprint density at radius 2 is 1.72 bits per heavy atom. The molecule has 0 aromatic heterocycles. The molecule has 3 heterocycles. The van der Waals surface area contributed by atoms with Gasteiger partial charge in [0.05, 0.1) is 0 Å². The van der Waals surface area contributed by atoms with Gasteiger partial charge in [-0.25, -0.2) is 0 Å². The van der Waals surface area contributed by atoms with E-state index in [-0.39, 0.29) is 18.2 Å². The van der Waals surface area contributed by atoms with Crippen LogP contribution in [0.3, 0.4) is 0 Å². The van der Waals surface area contributed by atoms with Crippen LogP contribution in [0.2, 0.25) is 0 Å². The van der Waals surface area contributed by atoms with Crippen LogP contribution in [0.4, 0.5) is 5.69 Å². The Balaban J connectivity index is 1.28. The van der Waals surface area contributed by atoms with Crippen LogP contribution in [-0.2, 0) is 22.7 Å². The monoisotopic (exact) mass is 432 g/mol. The van der Waals surface area contributed by atoms with E-state index in [1.165, 1.54) is 5.56 Å². The number of nitrogens with one attached hydrogen (secondary N) is 1. The number of imide groups is 1. The number of nitrogens with two attached hydrogens (primary N) is 1. The lowest BCUT2D eigenvalue weighted by Gasteiger charge is -2.33. The summed E-state index contributed by atoms with van der Waals surface area (Å²) < 4.78 is 0. The summed E-state index contributed by atoms with van der Waals surface area (Å²) in [6.45, 7) is 3.31. The van der Waals surface area contributed by atoms with Crippen molar-refractivity contribution in [3.63, 3.8) is 0 Å². The Bertz CT molecular complexity index is 1060. The molecular formula is C25H28N4O3. The first-order valence-corrected chi connectivity index (χ1v) is 11.3. The molecule has 7 heteroatoms. The average molecular weight is 433 g/mol. The smallest absolute Gasteiger partial charge is 0.255 e. The van der Waals surface area contributed by atoms with E-state index in [4.69, 9.17) is 5.73 Å². The number of rotatable bonds is 4. The molecule has 7 nitrogen and oxygen atoms in total. The molecule has 0 bridgehead atoms. The maximum atomic E-state index is 13.0. The molecule has 166 valence electrons. The zero-order valence-corrected chi connectivity index (χ0v) is 18.0. The Kier molecular flexibility index (Phi) is 5.43. The average Bonchev–Trinajstić information content (AvgIpc) is 3.13. The zero-order valence-electron chi connectivity index (χ0n) is 18.0. The highest BCUT2D eigenvalue weighted by atomic mass is 16.2. The summed E-state index contributed by atoms with van der Waals surface area (Å²) in [7, 11) is 0. The van der Waals surface area contributed by atoms with E-state index in [0.29, 0.717) is 30.1 Å². The highest BCUT2D eigenvalue weighted by Gasteiger charge is 2.40. The lowest BCUT2D eigenvalue weighted by Crippen LogP contribution is -2.52. The molecule has 2 aromatic carbocycles. The minimum atomic E-state index is -0.614. The molecule has 3 aliphatic heterocycles. The molecule has 3 aliphatic rings. The third-order valence-electron chi connectivity index (χ3n) is 7.07. The zero-order chi connectivity index (χ0) is 22.2. The van der Waals surface area contributed by atoms with E-state index in [9.17, 15) is 14.4 Å². The molecule has 2 fully saturated rings. The van der Waals surface area contributed by atoms with Crippen molar-refractivity contribution < 1.29 is 14.4 Å². The Labute approximate surface area is 187 Å². The van der Waals surface area contributed by atoms with Gasteiger partial charge in [-0.2, -0.15) is 0 Å². The van der Waals surface area contributed by atoms with Crippen LogP contribution in [0.1, 0.15) is 58.6 Å². The molecule has 0 spiro atoms. The van der Waals surface area contributed by atoms with Gasteiger partial charge in [-0.1, -0.05) is 36.4 Å². The number of hydrogen-bond donors (Lipinski definition) is 2. The van der Waals surface area contributed by atoms with E-state index in [2.05, 4.69) is 34.5 Å². The summed E-state index contributed by atoms with van der Waals surface area (Å²) in [5.41, 5.74) is 11.1. The predicted octanol–water partition coefficient (Wildman–Crippen LogP) is 2.41. The van der Waals surface area contributed by atoms with Crippen LogP contribution in [0.25, 0.3) is 0 Å². The highest BCUT2D eigenvalue weighted by Crippen LogP contribution is 2.38. The number of anilines is 1. The van der Waals surface area contributed by atoms with E-state index < -0.39 is 11.9 Å². The molecule has 3 amide bonds. The fraction of sp³-hybridized carbons (Fsp3) is 0.400. The molecule has 5 rings (SSSR count). The minimum absolute atomic E-state index is 0.176. The second-order valence-electron chi connectivity index (χ2n) is 9.03. The number of fused-ring (bicyclic) bond motifs is 1. The van der Waals surface area contributed by atoms with Crippen LogP contribution in [-0.4, -0.2) is 46.7 Å². The van der Waals surface area contributed by atoms with Crippen molar-refractivity contribution in [2.24, 2.45) is 0 Å². The van der Waals surface area contributed by atoms with Crippen molar-refractivity contribution in [1.82, 2.24) is 15.1 Å². The number of likely N-dealkylation sites (tertiary alicyclic amines) is 1. The molecule has 3 N–H and O–H groups in total. The molecular weight excluding hydrogens is 404 g/mol. The molecule has 1 atom stereocenters. The van der Waals surface area contributed by atoms with Gasteiger partial charge in [-0.3, -0.25) is 24.6 Å². The summed E-state index contributed by atoms with van der Waals surface area (Å²) in [5.74, 6) is -0.486. The van der Waals surface area contributed by atoms with Crippen molar-refractivity contribution in [2.75, 3.05) is 18.8 Å². The topological polar surface area (TPSA) is 95.7 Å². The Morgan fingerprint density at radius 3 is 2.44 bits per heavy atom. The van der Waals surface area contributed by atoms with Gasteiger partial charge in [-0.05, 0) is 55.5 Å². The van der Waals surface area contributed by atoms with E-state index in [1.807, 2.05) is 18.2 Å². The fourth-order valence-electron chi connectivity index (χ4n) is 5.28. The SMILES string of the molecule is Nc1c(C2CCN(Cc3ccccc3)CC2)ccc2c1CN(C1CCC(=O)NC1=O)C2=O. The van der Waals surface area contributed by atoms with E-state index >= 15 is 0 Å². The largest absolute Gasteiger partial charge is 0.398 e. The van der Waals surface area contributed by atoms with Gasteiger partial charge in [0.25, 0.3) is 5.91 Å². The van der Waals surface area contributed by atoms with Gasteiger partial charge in [0, 0.05) is 36.3 Å². The second-order valence-corrected chi connectivity index (χ2v) is 9.03. The number of nitrogen functional groups attached to an aromatic ring is 1.